The number of hydrogen-bond acceptors (Lipinski definition) is 4. The first-order chi connectivity index (χ1) is 6.86. The highest BCUT2D eigenvalue weighted by Crippen LogP contribution is 2.09. The van der Waals surface area contributed by atoms with Gasteiger partial charge in [-0.05, 0) is 23.7 Å². The number of carbonyl (C=O) groups is 1. The van der Waals surface area contributed by atoms with E-state index in [0.717, 1.165) is 0 Å². The Labute approximate surface area is 84.8 Å². The molecule has 2 heterocycles. The highest BCUT2D eigenvalue weighted by Gasteiger charge is 2.05. The van der Waals surface area contributed by atoms with Crippen LogP contribution in [0.4, 0.5) is 5.69 Å². The SMILES string of the molecule is O=C(Nc1cnsc1)c1cccnc1. The first-order valence-corrected chi connectivity index (χ1v) is 4.80. The molecule has 14 heavy (non-hydrogen) atoms. The van der Waals surface area contributed by atoms with Crippen LogP contribution in [0.2, 0.25) is 0 Å². The van der Waals surface area contributed by atoms with E-state index in [0.29, 0.717) is 11.3 Å². The molecule has 0 aromatic carbocycles. The predicted molar refractivity (Wildman–Crippen MR) is 54.3 cm³/mol. The molecule has 0 unspecified atom stereocenters. The van der Waals surface area contributed by atoms with Gasteiger partial charge in [0.15, 0.2) is 0 Å². The van der Waals surface area contributed by atoms with E-state index in [1.807, 2.05) is 0 Å². The average molecular weight is 205 g/mol. The van der Waals surface area contributed by atoms with Crippen LogP contribution in [0.1, 0.15) is 10.4 Å². The van der Waals surface area contributed by atoms with Crippen LogP contribution >= 0.6 is 11.5 Å². The van der Waals surface area contributed by atoms with Gasteiger partial charge in [-0.2, -0.15) is 4.37 Å². The lowest BCUT2D eigenvalue weighted by molar-refractivity contribution is 0.102. The Kier molecular flexibility index (Phi) is 2.51. The number of amides is 1. The van der Waals surface area contributed by atoms with Crippen molar-refractivity contribution in [2.75, 3.05) is 5.32 Å². The summed E-state index contributed by atoms with van der Waals surface area (Å²) in [6.07, 6.45) is 4.76. The Bertz CT molecular complexity index is 413. The zero-order valence-electron chi connectivity index (χ0n) is 7.18. The van der Waals surface area contributed by atoms with Gasteiger partial charge < -0.3 is 5.32 Å². The number of pyridine rings is 1. The van der Waals surface area contributed by atoms with Gasteiger partial charge in [0.1, 0.15) is 0 Å². The molecule has 0 radical (unpaired) electrons. The lowest BCUT2D eigenvalue weighted by atomic mass is 10.3. The molecule has 0 aliphatic rings. The molecular formula is C9H7N3OS. The van der Waals surface area contributed by atoms with E-state index in [4.69, 9.17) is 0 Å². The summed E-state index contributed by atoms with van der Waals surface area (Å²) in [5.41, 5.74) is 1.25. The lowest BCUT2D eigenvalue weighted by Crippen LogP contribution is -2.11. The van der Waals surface area contributed by atoms with Crippen molar-refractivity contribution in [2.24, 2.45) is 0 Å². The van der Waals surface area contributed by atoms with Crippen molar-refractivity contribution in [3.05, 3.63) is 41.7 Å². The number of hydrogen-bond donors (Lipinski definition) is 1. The molecular weight excluding hydrogens is 198 g/mol. The minimum Gasteiger partial charge on any atom is -0.320 e. The van der Waals surface area contributed by atoms with E-state index in [2.05, 4.69) is 14.7 Å². The molecule has 0 spiro atoms. The van der Waals surface area contributed by atoms with Crippen molar-refractivity contribution >= 4 is 23.1 Å². The van der Waals surface area contributed by atoms with Crippen molar-refractivity contribution in [1.29, 1.82) is 0 Å². The fourth-order valence-corrected chi connectivity index (χ4v) is 1.44. The molecule has 0 aliphatic heterocycles. The Hall–Kier alpha value is -1.75. The van der Waals surface area contributed by atoms with E-state index >= 15 is 0 Å². The monoisotopic (exact) mass is 205 g/mol. The molecule has 1 N–H and O–H groups in total. The largest absolute Gasteiger partial charge is 0.320 e. The Morgan fingerprint density at radius 1 is 1.43 bits per heavy atom. The second kappa shape index (κ2) is 3.97. The van der Waals surface area contributed by atoms with Gasteiger partial charge in [-0.3, -0.25) is 9.78 Å². The topological polar surface area (TPSA) is 54.9 Å². The summed E-state index contributed by atoms with van der Waals surface area (Å²) in [4.78, 5) is 15.4. The summed E-state index contributed by atoms with van der Waals surface area (Å²) in [5.74, 6) is -0.168. The van der Waals surface area contributed by atoms with E-state index in [9.17, 15) is 4.79 Å². The highest BCUT2D eigenvalue weighted by molar-refractivity contribution is 7.04. The number of anilines is 1. The standard InChI is InChI=1S/C9H7N3OS/c13-9(7-2-1-3-10-4-7)12-8-5-11-14-6-8/h1-6H,(H,12,13). The Balaban J connectivity index is 2.11. The molecule has 4 nitrogen and oxygen atoms in total. The van der Waals surface area contributed by atoms with Crippen LogP contribution in [-0.4, -0.2) is 15.3 Å². The van der Waals surface area contributed by atoms with Crippen molar-refractivity contribution in [2.45, 2.75) is 0 Å². The second-order valence-corrected chi connectivity index (χ2v) is 3.27. The zero-order valence-corrected chi connectivity index (χ0v) is 7.99. The fourth-order valence-electron chi connectivity index (χ4n) is 0.967. The molecule has 0 saturated heterocycles. The van der Waals surface area contributed by atoms with Crippen molar-refractivity contribution in [3.63, 3.8) is 0 Å². The minimum absolute atomic E-state index is 0.168. The fraction of sp³-hybridized carbons (Fsp3) is 0. The Morgan fingerprint density at radius 3 is 3.00 bits per heavy atom. The number of nitrogens with zero attached hydrogens (tertiary/aromatic N) is 2. The minimum atomic E-state index is -0.168. The Morgan fingerprint density at radius 2 is 2.36 bits per heavy atom. The highest BCUT2D eigenvalue weighted by atomic mass is 32.1. The van der Waals surface area contributed by atoms with Gasteiger partial charge in [-0.1, -0.05) is 0 Å². The molecule has 1 amide bonds. The van der Waals surface area contributed by atoms with Crippen molar-refractivity contribution in [1.82, 2.24) is 9.36 Å². The van der Waals surface area contributed by atoms with E-state index < -0.39 is 0 Å². The van der Waals surface area contributed by atoms with Crippen LogP contribution in [0, 0.1) is 0 Å². The maximum Gasteiger partial charge on any atom is 0.257 e. The molecule has 0 fully saturated rings. The van der Waals surface area contributed by atoms with Gasteiger partial charge in [0.2, 0.25) is 0 Å². The van der Waals surface area contributed by atoms with Gasteiger partial charge in [-0.15, -0.1) is 0 Å². The van der Waals surface area contributed by atoms with Crippen LogP contribution in [-0.2, 0) is 0 Å². The zero-order chi connectivity index (χ0) is 9.80. The quantitative estimate of drug-likeness (QED) is 0.813. The third kappa shape index (κ3) is 1.94. The first kappa shape index (κ1) is 8.83. The normalized spacial score (nSPS) is 9.71. The molecule has 2 rings (SSSR count). The molecule has 2 aromatic rings. The number of nitrogens with one attached hydrogen (secondary N) is 1. The van der Waals surface area contributed by atoms with Crippen LogP contribution in [0.25, 0.3) is 0 Å². The van der Waals surface area contributed by atoms with Crippen LogP contribution in [0.3, 0.4) is 0 Å². The van der Waals surface area contributed by atoms with Crippen molar-refractivity contribution in [3.8, 4) is 0 Å². The summed E-state index contributed by atoms with van der Waals surface area (Å²) in [6.45, 7) is 0. The van der Waals surface area contributed by atoms with Gasteiger partial charge in [0, 0.05) is 17.8 Å². The van der Waals surface area contributed by atoms with Gasteiger partial charge in [-0.25, -0.2) is 0 Å². The van der Waals surface area contributed by atoms with Gasteiger partial charge in [0.25, 0.3) is 5.91 Å². The summed E-state index contributed by atoms with van der Waals surface area (Å²) in [5, 5.41) is 4.48. The first-order valence-electron chi connectivity index (χ1n) is 3.97. The average Bonchev–Trinajstić information content (AvgIpc) is 2.72. The lowest BCUT2D eigenvalue weighted by Gasteiger charge is -2.00. The third-order valence-electron chi connectivity index (χ3n) is 1.61. The summed E-state index contributed by atoms with van der Waals surface area (Å²) in [7, 11) is 0. The van der Waals surface area contributed by atoms with E-state index in [1.54, 1.807) is 29.9 Å². The number of rotatable bonds is 2. The second-order valence-electron chi connectivity index (χ2n) is 2.61. The summed E-state index contributed by atoms with van der Waals surface area (Å²) in [6, 6.07) is 3.43. The molecule has 0 saturated carbocycles. The smallest absolute Gasteiger partial charge is 0.257 e. The van der Waals surface area contributed by atoms with Crippen LogP contribution < -0.4 is 5.32 Å². The summed E-state index contributed by atoms with van der Waals surface area (Å²) < 4.78 is 3.88. The maximum absolute atomic E-state index is 11.5. The van der Waals surface area contributed by atoms with Crippen LogP contribution in [0.5, 0.6) is 0 Å². The molecule has 0 atom stereocenters. The number of aromatic nitrogens is 2. The summed E-state index contributed by atoms with van der Waals surface area (Å²) >= 11 is 1.30. The van der Waals surface area contributed by atoms with Crippen LogP contribution in [0.15, 0.2) is 36.1 Å². The third-order valence-corrected chi connectivity index (χ3v) is 2.20. The predicted octanol–water partition coefficient (Wildman–Crippen LogP) is 1.79. The maximum atomic E-state index is 11.5. The van der Waals surface area contributed by atoms with Crippen molar-refractivity contribution < 1.29 is 4.79 Å². The molecule has 0 bridgehead atoms. The molecule has 70 valence electrons. The van der Waals surface area contributed by atoms with Gasteiger partial charge >= 0.3 is 0 Å². The molecule has 5 heteroatoms. The van der Waals surface area contributed by atoms with Gasteiger partial charge in [0.05, 0.1) is 17.4 Å². The van der Waals surface area contributed by atoms with E-state index in [1.165, 1.54) is 17.7 Å². The molecule has 0 aliphatic carbocycles. The molecule has 2 aromatic heterocycles. The van der Waals surface area contributed by atoms with E-state index in [-0.39, 0.29) is 5.91 Å². The number of carbonyl (C=O) groups excluding carboxylic acids is 1.